The molecule has 0 aliphatic carbocycles. The zero-order valence-electron chi connectivity index (χ0n) is 9.06. The van der Waals surface area contributed by atoms with E-state index in [2.05, 4.69) is 4.98 Å². The van der Waals surface area contributed by atoms with Crippen molar-refractivity contribution in [1.82, 2.24) is 4.98 Å². The van der Waals surface area contributed by atoms with E-state index in [4.69, 9.17) is 0 Å². The van der Waals surface area contributed by atoms with E-state index >= 15 is 0 Å². The van der Waals surface area contributed by atoms with Gasteiger partial charge in [-0.05, 0) is 24.1 Å². The lowest BCUT2D eigenvalue weighted by Crippen LogP contribution is -2.08. The predicted molar refractivity (Wildman–Crippen MR) is 58.1 cm³/mol. The molecule has 17 heavy (non-hydrogen) atoms. The standard InChI is InChI=1S/C12H10F3NO/c1-2-7-3-4-10-8(5-7)9(6-17)11(16-10)12(13,14)15/h3-6,16H,2H2,1H3. The average molecular weight is 241 g/mol. The maximum atomic E-state index is 12.7. The Morgan fingerprint density at radius 3 is 2.59 bits per heavy atom. The number of aldehydes is 1. The maximum Gasteiger partial charge on any atom is 0.431 e. The van der Waals surface area contributed by atoms with Crippen LogP contribution in [0.25, 0.3) is 10.9 Å². The first-order valence-electron chi connectivity index (χ1n) is 5.14. The molecule has 0 radical (unpaired) electrons. The van der Waals surface area contributed by atoms with E-state index in [-0.39, 0.29) is 11.8 Å². The van der Waals surface area contributed by atoms with Crippen molar-refractivity contribution in [2.75, 3.05) is 0 Å². The van der Waals surface area contributed by atoms with Crippen LogP contribution < -0.4 is 0 Å². The summed E-state index contributed by atoms with van der Waals surface area (Å²) in [5.41, 5.74) is -0.0662. The van der Waals surface area contributed by atoms with Crippen molar-refractivity contribution in [1.29, 1.82) is 0 Å². The van der Waals surface area contributed by atoms with E-state index in [1.54, 1.807) is 18.2 Å². The molecule has 90 valence electrons. The number of hydrogen-bond acceptors (Lipinski definition) is 1. The molecule has 0 atom stereocenters. The molecule has 0 spiro atoms. The number of aromatic amines is 1. The molecular formula is C12H10F3NO. The highest BCUT2D eigenvalue weighted by Crippen LogP contribution is 2.34. The van der Waals surface area contributed by atoms with E-state index in [1.165, 1.54) is 0 Å². The van der Waals surface area contributed by atoms with Crippen LogP contribution in [-0.4, -0.2) is 11.3 Å². The molecule has 0 saturated carbocycles. The van der Waals surface area contributed by atoms with Crippen molar-refractivity contribution in [3.8, 4) is 0 Å². The van der Waals surface area contributed by atoms with Gasteiger partial charge >= 0.3 is 6.18 Å². The summed E-state index contributed by atoms with van der Waals surface area (Å²) in [7, 11) is 0. The first-order valence-corrected chi connectivity index (χ1v) is 5.14. The summed E-state index contributed by atoms with van der Waals surface area (Å²) >= 11 is 0. The Bertz CT molecular complexity index is 569. The monoisotopic (exact) mass is 241 g/mol. The molecule has 0 aliphatic heterocycles. The third kappa shape index (κ3) is 1.92. The van der Waals surface area contributed by atoms with Gasteiger partial charge in [-0.15, -0.1) is 0 Å². The normalized spacial score (nSPS) is 12.0. The molecule has 0 aliphatic rings. The Kier molecular flexibility index (Phi) is 2.69. The van der Waals surface area contributed by atoms with Crippen molar-refractivity contribution in [2.24, 2.45) is 0 Å². The molecule has 2 aromatic rings. The largest absolute Gasteiger partial charge is 0.431 e. The lowest BCUT2D eigenvalue weighted by atomic mass is 10.1. The molecule has 0 amide bonds. The number of H-pyrrole nitrogens is 1. The van der Waals surface area contributed by atoms with Crippen molar-refractivity contribution in [3.05, 3.63) is 35.0 Å². The van der Waals surface area contributed by atoms with Crippen molar-refractivity contribution < 1.29 is 18.0 Å². The fourth-order valence-electron chi connectivity index (χ4n) is 1.83. The minimum atomic E-state index is -4.54. The lowest BCUT2D eigenvalue weighted by Gasteiger charge is -2.03. The molecule has 2 nitrogen and oxygen atoms in total. The Labute approximate surface area is 95.4 Å². The molecule has 2 rings (SSSR count). The Balaban J connectivity index is 2.76. The number of aromatic nitrogens is 1. The second kappa shape index (κ2) is 3.91. The summed E-state index contributed by atoms with van der Waals surface area (Å²) in [6.45, 7) is 1.90. The summed E-state index contributed by atoms with van der Waals surface area (Å²) in [6, 6.07) is 4.93. The van der Waals surface area contributed by atoms with Gasteiger partial charge in [0.15, 0.2) is 6.29 Å². The quantitative estimate of drug-likeness (QED) is 0.801. The van der Waals surface area contributed by atoms with Gasteiger partial charge in [0.1, 0.15) is 5.69 Å². The van der Waals surface area contributed by atoms with Crippen LogP contribution in [-0.2, 0) is 12.6 Å². The van der Waals surface area contributed by atoms with Crippen LogP contribution in [0, 0.1) is 0 Å². The molecule has 0 bridgehead atoms. The van der Waals surface area contributed by atoms with Gasteiger partial charge in [0.2, 0.25) is 0 Å². The van der Waals surface area contributed by atoms with E-state index in [0.29, 0.717) is 17.3 Å². The van der Waals surface area contributed by atoms with Gasteiger partial charge in [-0.25, -0.2) is 0 Å². The average Bonchev–Trinajstić information content (AvgIpc) is 2.65. The molecule has 5 heteroatoms. The number of hydrogen-bond donors (Lipinski definition) is 1. The summed E-state index contributed by atoms with van der Waals surface area (Å²) < 4.78 is 38.0. The Hall–Kier alpha value is -1.78. The highest BCUT2D eigenvalue weighted by molar-refractivity contribution is 5.99. The number of halogens is 3. The Morgan fingerprint density at radius 2 is 2.06 bits per heavy atom. The molecule has 0 fully saturated rings. The first kappa shape index (κ1) is 11.7. The van der Waals surface area contributed by atoms with Gasteiger partial charge in [-0.2, -0.15) is 13.2 Å². The summed E-state index contributed by atoms with van der Waals surface area (Å²) in [6.07, 6.45) is -3.58. The zero-order chi connectivity index (χ0) is 12.6. The fraction of sp³-hybridized carbons (Fsp3) is 0.250. The number of fused-ring (bicyclic) bond motifs is 1. The first-order chi connectivity index (χ1) is 7.97. The molecule has 0 unspecified atom stereocenters. The smallest absolute Gasteiger partial charge is 0.350 e. The van der Waals surface area contributed by atoms with Crippen LogP contribution in [0.5, 0.6) is 0 Å². The number of nitrogens with one attached hydrogen (secondary N) is 1. The molecule has 1 N–H and O–H groups in total. The minimum Gasteiger partial charge on any atom is -0.350 e. The van der Waals surface area contributed by atoms with Gasteiger partial charge in [0.25, 0.3) is 0 Å². The van der Waals surface area contributed by atoms with Crippen LogP contribution >= 0.6 is 0 Å². The summed E-state index contributed by atoms with van der Waals surface area (Å²) in [4.78, 5) is 13.1. The molecule has 1 heterocycles. The van der Waals surface area contributed by atoms with Crippen LogP contribution in [0.2, 0.25) is 0 Å². The van der Waals surface area contributed by atoms with E-state index < -0.39 is 11.9 Å². The summed E-state index contributed by atoms with van der Waals surface area (Å²) in [5.74, 6) is 0. The van der Waals surface area contributed by atoms with Crippen LogP contribution in [0.4, 0.5) is 13.2 Å². The van der Waals surface area contributed by atoms with Gasteiger partial charge in [0.05, 0.1) is 5.56 Å². The second-order valence-corrected chi connectivity index (χ2v) is 3.76. The number of carbonyl (C=O) groups is 1. The van der Waals surface area contributed by atoms with Crippen molar-refractivity contribution >= 4 is 17.2 Å². The highest BCUT2D eigenvalue weighted by atomic mass is 19.4. The number of benzene rings is 1. The van der Waals surface area contributed by atoms with E-state index in [0.717, 1.165) is 5.56 Å². The second-order valence-electron chi connectivity index (χ2n) is 3.76. The number of alkyl halides is 3. The summed E-state index contributed by atoms with van der Waals surface area (Å²) in [5, 5.41) is 0.326. The van der Waals surface area contributed by atoms with Gasteiger partial charge in [-0.1, -0.05) is 13.0 Å². The number of carbonyl (C=O) groups excluding carboxylic acids is 1. The van der Waals surface area contributed by atoms with Gasteiger partial charge < -0.3 is 4.98 Å². The molecular weight excluding hydrogens is 231 g/mol. The Morgan fingerprint density at radius 1 is 1.35 bits per heavy atom. The number of aryl methyl sites for hydroxylation is 1. The molecule has 1 aromatic carbocycles. The SMILES string of the molecule is CCc1ccc2[nH]c(C(F)(F)F)c(C=O)c2c1. The van der Waals surface area contributed by atoms with E-state index in [9.17, 15) is 18.0 Å². The maximum absolute atomic E-state index is 12.7. The van der Waals surface area contributed by atoms with Crippen LogP contribution in [0.15, 0.2) is 18.2 Å². The van der Waals surface area contributed by atoms with E-state index in [1.807, 2.05) is 6.92 Å². The zero-order valence-corrected chi connectivity index (χ0v) is 9.06. The molecule has 0 saturated heterocycles. The topological polar surface area (TPSA) is 32.9 Å². The molecule has 1 aromatic heterocycles. The predicted octanol–water partition coefficient (Wildman–Crippen LogP) is 3.56. The highest BCUT2D eigenvalue weighted by Gasteiger charge is 2.36. The van der Waals surface area contributed by atoms with Crippen molar-refractivity contribution in [3.63, 3.8) is 0 Å². The third-order valence-corrected chi connectivity index (χ3v) is 2.71. The van der Waals surface area contributed by atoms with Crippen LogP contribution in [0.3, 0.4) is 0 Å². The van der Waals surface area contributed by atoms with Gasteiger partial charge in [0, 0.05) is 10.9 Å². The minimum absolute atomic E-state index is 0.251. The van der Waals surface area contributed by atoms with Gasteiger partial charge in [-0.3, -0.25) is 4.79 Å². The third-order valence-electron chi connectivity index (χ3n) is 2.71. The lowest BCUT2D eigenvalue weighted by molar-refractivity contribution is -0.140. The fourth-order valence-corrected chi connectivity index (χ4v) is 1.83. The van der Waals surface area contributed by atoms with Crippen molar-refractivity contribution in [2.45, 2.75) is 19.5 Å². The number of rotatable bonds is 2. The van der Waals surface area contributed by atoms with Crippen LogP contribution in [0.1, 0.15) is 28.5 Å².